The van der Waals surface area contributed by atoms with E-state index in [-0.39, 0.29) is 12.4 Å². The molecule has 3 heteroatoms. The lowest BCUT2D eigenvalue weighted by Crippen LogP contribution is -2.43. The average Bonchev–Trinajstić information content (AvgIpc) is 2.20. The second kappa shape index (κ2) is 3.33. The summed E-state index contributed by atoms with van der Waals surface area (Å²) in [6.45, 7) is -0.122. The molecule has 0 amide bonds. The number of rotatable bonds is 1. The van der Waals surface area contributed by atoms with Crippen molar-refractivity contribution in [3.63, 3.8) is 0 Å². The normalized spacial score (nSPS) is 25.9. The van der Waals surface area contributed by atoms with Crippen LogP contribution in [0.1, 0.15) is 24.0 Å². The van der Waals surface area contributed by atoms with Gasteiger partial charge in [-0.3, -0.25) is 0 Å². The maximum Gasteiger partial charge on any atom is 0.126 e. The number of halogens is 1. The molecule has 2 rings (SSSR count). The van der Waals surface area contributed by atoms with Gasteiger partial charge < -0.3 is 10.8 Å². The van der Waals surface area contributed by atoms with Crippen LogP contribution in [0.25, 0.3) is 0 Å². The summed E-state index contributed by atoms with van der Waals surface area (Å²) in [5, 5.41) is 9.24. The third-order valence-electron chi connectivity index (χ3n) is 2.99. The molecule has 1 atom stereocenters. The maximum absolute atomic E-state index is 13.4. The first-order chi connectivity index (χ1) is 6.67. The summed E-state index contributed by atoms with van der Waals surface area (Å²) in [4.78, 5) is 0. The van der Waals surface area contributed by atoms with E-state index in [1.165, 1.54) is 6.07 Å². The van der Waals surface area contributed by atoms with E-state index in [9.17, 15) is 9.50 Å². The molecule has 1 aromatic rings. The van der Waals surface area contributed by atoms with Gasteiger partial charge in [0.15, 0.2) is 0 Å². The Morgan fingerprint density at radius 3 is 3.00 bits per heavy atom. The number of hydrogen-bond donors (Lipinski definition) is 2. The first kappa shape index (κ1) is 9.62. The molecule has 1 aromatic carbocycles. The molecule has 0 heterocycles. The van der Waals surface area contributed by atoms with Crippen molar-refractivity contribution in [1.29, 1.82) is 0 Å². The lowest BCUT2D eigenvalue weighted by atomic mass is 9.77. The summed E-state index contributed by atoms with van der Waals surface area (Å²) >= 11 is 0. The molecule has 0 aliphatic heterocycles. The van der Waals surface area contributed by atoms with Crippen LogP contribution < -0.4 is 5.73 Å². The summed E-state index contributed by atoms with van der Waals surface area (Å²) in [7, 11) is 0. The molecule has 2 nitrogen and oxygen atoms in total. The zero-order valence-corrected chi connectivity index (χ0v) is 7.96. The van der Waals surface area contributed by atoms with E-state index in [0.717, 1.165) is 24.8 Å². The Labute approximate surface area is 82.5 Å². The number of fused-ring (bicyclic) bond motifs is 1. The van der Waals surface area contributed by atoms with E-state index in [4.69, 9.17) is 5.73 Å². The molecule has 14 heavy (non-hydrogen) atoms. The zero-order valence-electron chi connectivity index (χ0n) is 7.96. The van der Waals surface area contributed by atoms with Gasteiger partial charge in [0, 0.05) is 0 Å². The standard InChI is InChI=1S/C11H14FNO/c12-10-5-1-4-9-8(10)3-2-6-11(9,13)7-14/h1,4-5,14H,2-3,6-7,13H2/t11-/m0/s1. The van der Waals surface area contributed by atoms with Crippen molar-refractivity contribution < 1.29 is 9.50 Å². The second-order valence-electron chi connectivity index (χ2n) is 3.93. The Morgan fingerprint density at radius 1 is 1.50 bits per heavy atom. The summed E-state index contributed by atoms with van der Waals surface area (Å²) in [5.41, 5.74) is 6.73. The molecule has 1 aliphatic carbocycles. The van der Waals surface area contributed by atoms with E-state index >= 15 is 0 Å². The van der Waals surface area contributed by atoms with E-state index in [2.05, 4.69) is 0 Å². The highest BCUT2D eigenvalue weighted by molar-refractivity contribution is 5.37. The zero-order chi connectivity index (χ0) is 10.2. The van der Waals surface area contributed by atoms with Crippen LogP contribution in [0, 0.1) is 5.82 Å². The highest BCUT2D eigenvalue weighted by Gasteiger charge is 2.32. The molecule has 0 saturated carbocycles. The molecule has 0 bridgehead atoms. The highest BCUT2D eigenvalue weighted by Crippen LogP contribution is 2.33. The summed E-state index contributed by atoms with van der Waals surface area (Å²) in [6.07, 6.45) is 2.28. The molecule has 0 saturated heterocycles. The third kappa shape index (κ3) is 1.33. The van der Waals surface area contributed by atoms with Crippen molar-refractivity contribution in [2.75, 3.05) is 6.61 Å². The molecule has 0 unspecified atom stereocenters. The monoisotopic (exact) mass is 195 g/mol. The maximum atomic E-state index is 13.4. The first-order valence-electron chi connectivity index (χ1n) is 4.85. The molecule has 3 N–H and O–H groups in total. The van der Waals surface area contributed by atoms with Gasteiger partial charge in [-0.25, -0.2) is 4.39 Å². The second-order valence-corrected chi connectivity index (χ2v) is 3.93. The third-order valence-corrected chi connectivity index (χ3v) is 2.99. The Kier molecular flexibility index (Phi) is 2.29. The smallest absolute Gasteiger partial charge is 0.126 e. The minimum Gasteiger partial charge on any atom is -0.394 e. The van der Waals surface area contributed by atoms with Gasteiger partial charge in [0.25, 0.3) is 0 Å². The Hall–Kier alpha value is -0.930. The highest BCUT2D eigenvalue weighted by atomic mass is 19.1. The van der Waals surface area contributed by atoms with Gasteiger partial charge in [-0.1, -0.05) is 12.1 Å². The fraction of sp³-hybridized carbons (Fsp3) is 0.455. The first-order valence-corrected chi connectivity index (χ1v) is 4.85. The fourth-order valence-electron chi connectivity index (χ4n) is 2.16. The van der Waals surface area contributed by atoms with Gasteiger partial charge in [0.1, 0.15) is 5.82 Å². The van der Waals surface area contributed by atoms with Crippen LogP contribution in [0.5, 0.6) is 0 Å². The molecule has 1 aliphatic rings. The summed E-state index contributed by atoms with van der Waals surface area (Å²) < 4.78 is 13.4. The average molecular weight is 195 g/mol. The van der Waals surface area contributed by atoms with E-state index in [0.29, 0.717) is 5.56 Å². The molecular weight excluding hydrogens is 181 g/mol. The molecular formula is C11H14FNO. The van der Waals surface area contributed by atoms with Crippen molar-refractivity contribution >= 4 is 0 Å². The minimum atomic E-state index is -0.740. The predicted molar refractivity (Wildman–Crippen MR) is 52.3 cm³/mol. The number of hydrogen-bond acceptors (Lipinski definition) is 2. The van der Waals surface area contributed by atoms with Crippen molar-refractivity contribution in [2.45, 2.75) is 24.8 Å². The summed E-state index contributed by atoms with van der Waals surface area (Å²) in [5.74, 6) is -0.203. The molecule has 0 radical (unpaired) electrons. The molecule has 0 spiro atoms. The van der Waals surface area contributed by atoms with Crippen molar-refractivity contribution in [3.05, 3.63) is 35.1 Å². The van der Waals surface area contributed by atoms with Gasteiger partial charge in [0.05, 0.1) is 12.1 Å². The van der Waals surface area contributed by atoms with Gasteiger partial charge in [-0.05, 0) is 36.5 Å². The molecule has 76 valence electrons. The van der Waals surface area contributed by atoms with Crippen LogP contribution in [-0.4, -0.2) is 11.7 Å². The van der Waals surface area contributed by atoms with E-state index in [1.54, 1.807) is 6.07 Å². The molecule has 0 fully saturated rings. The number of nitrogens with two attached hydrogens (primary N) is 1. The number of benzene rings is 1. The predicted octanol–water partition coefficient (Wildman–Crippen LogP) is 1.31. The largest absolute Gasteiger partial charge is 0.394 e. The van der Waals surface area contributed by atoms with Crippen LogP contribution in [0.15, 0.2) is 18.2 Å². The van der Waals surface area contributed by atoms with Gasteiger partial charge in [-0.2, -0.15) is 0 Å². The number of aliphatic hydroxyl groups is 1. The Bertz CT molecular complexity index is 353. The molecule has 0 aromatic heterocycles. The number of aliphatic hydroxyl groups excluding tert-OH is 1. The van der Waals surface area contributed by atoms with Crippen LogP contribution in [0.2, 0.25) is 0 Å². The van der Waals surface area contributed by atoms with Crippen molar-refractivity contribution in [3.8, 4) is 0 Å². The Balaban J connectivity index is 2.55. The van der Waals surface area contributed by atoms with Gasteiger partial charge in [-0.15, -0.1) is 0 Å². The SMILES string of the molecule is N[C@]1(CO)CCCc2c(F)cccc21. The van der Waals surface area contributed by atoms with Crippen molar-refractivity contribution in [1.82, 2.24) is 0 Å². The van der Waals surface area contributed by atoms with Crippen LogP contribution in [0.4, 0.5) is 4.39 Å². The van der Waals surface area contributed by atoms with Crippen LogP contribution >= 0.6 is 0 Å². The summed E-state index contributed by atoms with van der Waals surface area (Å²) in [6, 6.07) is 4.91. The van der Waals surface area contributed by atoms with Crippen molar-refractivity contribution in [2.24, 2.45) is 5.73 Å². The van der Waals surface area contributed by atoms with Crippen LogP contribution in [-0.2, 0) is 12.0 Å². The van der Waals surface area contributed by atoms with Crippen LogP contribution in [0.3, 0.4) is 0 Å². The van der Waals surface area contributed by atoms with Gasteiger partial charge >= 0.3 is 0 Å². The quantitative estimate of drug-likeness (QED) is 0.709. The van der Waals surface area contributed by atoms with E-state index in [1.807, 2.05) is 6.07 Å². The van der Waals surface area contributed by atoms with E-state index < -0.39 is 5.54 Å². The topological polar surface area (TPSA) is 46.2 Å². The lowest BCUT2D eigenvalue weighted by Gasteiger charge is -2.34. The lowest BCUT2D eigenvalue weighted by molar-refractivity contribution is 0.178. The fourth-order valence-corrected chi connectivity index (χ4v) is 2.16. The van der Waals surface area contributed by atoms with Gasteiger partial charge in [0.2, 0.25) is 0 Å². The minimum absolute atomic E-state index is 0.122. The Morgan fingerprint density at radius 2 is 2.29 bits per heavy atom.